The van der Waals surface area contributed by atoms with Crippen LogP contribution in [0.15, 0.2) is 42.0 Å². The molecule has 1 aliphatic carbocycles. The van der Waals surface area contributed by atoms with E-state index in [0.29, 0.717) is 0 Å². The monoisotopic (exact) mass is 295 g/mol. The zero-order valence-electron chi connectivity index (χ0n) is 11.5. The number of hydrogen-bond acceptors (Lipinski definition) is 6. The fourth-order valence-corrected chi connectivity index (χ4v) is 2.51. The van der Waals surface area contributed by atoms with Crippen molar-refractivity contribution in [2.45, 2.75) is 30.4 Å². The van der Waals surface area contributed by atoms with Gasteiger partial charge in [0.2, 0.25) is 0 Å². The van der Waals surface area contributed by atoms with E-state index in [0.717, 1.165) is 5.56 Å². The molecule has 0 saturated carbocycles. The van der Waals surface area contributed by atoms with Crippen molar-refractivity contribution in [1.29, 1.82) is 0 Å². The van der Waals surface area contributed by atoms with Crippen LogP contribution < -0.4 is 5.32 Å². The molecule has 21 heavy (non-hydrogen) atoms. The topological polar surface area (TPSA) is 113 Å². The molecule has 1 aromatic carbocycles. The van der Waals surface area contributed by atoms with Crippen LogP contribution in [0.5, 0.6) is 0 Å². The molecule has 0 bridgehead atoms. The lowest BCUT2D eigenvalue weighted by molar-refractivity contribution is -0.0660. The molecule has 6 heteroatoms. The minimum Gasteiger partial charge on any atom is -0.394 e. The van der Waals surface area contributed by atoms with Crippen molar-refractivity contribution in [2.24, 2.45) is 0 Å². The molecule has 5 atom stereocenters. The minimum absolute atomic E-state index is 0.186. The van der Waals surface area contributed by atoms with Gasteiger partial charge < -0.3 is 25.5 Å². The van der Waals surface area contributed by atoms with Crippen LogP contribution in [0.2, 0.25) is 0 Å². The molecule has 0 aromatic heterocycles. The Balaban J connectivity index is 2.18. The van der Waals surface area contributed by atoms with Crippen LogP contribution in [-0.4, -0.2) is 63.1 Å². The third kappa shape index (κ3) is 3.49. The van der Waals surface area contributed by atoms with Crippen LogP contribution in [-0.2, 0) is 0 Å². The summed E-state index contributed by atoms with van der Waals surface area (Å²) in [5.41, 5.74) is 1.09. The fourth-order valence-electron chi connectivity index (χ4n) is 2.51. The molecular weight excluding hydrogens is 274 g/mol. The first-order chi connectivity index (χ1) is 10.1. The van der Waals surface area contributed by atoms with Crippen molar-refractivity contribution in [1.82, 2.24) is 5.32 Å². The number of aliphatic hydroxyl groups is 5. The highest BCUT2D eigenvalue weighted by molar-refractivity contribution is 5.24. The maximum atomic E-state index is 10.0. The van der Waals surface area contributed by atoms with Gasteiger partial charge in [0, 0.05) is 0 Å². The number of nitrogens with one attached hydrogen (secondary N) is 1. The average molecular weight is 295 g/mol. The van der Waals surface area contributed by atoms with Gasteiger partial charge in [-0.05, 0) is 11.1 Å². The molecule has 1 aromatic rings. The van der Waals surface area contributed by atoms with Crippen LogP contribution in [0.25, 0.3) is 0 Å². The molecule has 6 nitrogen and oxygen atoms in total. The van der Waals surface area contributed by atoms with Crippen molar-refractivity contribution >= 4 is 0 Å². The van der Waals surface area contributed by atoms with Gasteiger partial charge >= 0.3 is 0 Å². The normalized spacial score (nSPS) is 30.8. The summed E-state index contributed by atoms with van der Waals surface area (Å²) in [4.78, 5) is 0. The van der Waals surface area contributed by atoms with E-state index in [1.165, 1.54) is 6.08 Å². The largest absolute Gasteiger partial charge is 0.394 e. The van der Waals surface area contributed by atoms with E-state index >= 15 is 0 Å². The van der Waals surface area contributed by atoms with Gasteiger partial charge in [-0.15, -0.1) is 0 Å². The summed E-state index contributed by atoms with van der Waals surface area (Å²) in [5.74, 6) is 0. The maximum Gasteiger partial charge on any atom is 0.111 e. The molecule has 0 radical (unpaired) electrons. The lowest BCUT2D eigenvalue weighted by Gasteiger charge is -2.36. The van der Waals surface area contributed by atoms with Crippen LogP contribution in [0, 0.1) is 0 Å². The van der Waals surface area contributed by atoms with Gasteiger partial charge in [0.25, 0.3) is 0 Å². The SMILES string of the molecule is OCC1=CC(NC(CO)c2ccccc2)C(O)C(O)C1O. The lowest BCUT2D eigenvalue weighted by atomic mass is 9.87. The molecule has 116 valence electrons. The first-order valence-corrected chi connectivity index (χ1v) is 6.86. The Kier molecular flexibility index (Phi) is 5.46. The number of aliphatic hydroxyl groups excluding tert-OH is 5. The smallest absolute Gasteiger partial charge is 0.111 e. The molecule has 0 saturated heterocycles. The summed E-state index contributed by atoms with van der Waals surface area (Å²) in [6.45, 7) is -0.591. The van der Waals surface area contributed by atoms with E-state index in [-0.39, 0.29) is 12.2 Å². The van der Waals surface area contributed by atoms with Crippen molar-refractivity contribution in [3.63, 3.8) is 0 Å². The number of hydrogen-bond donors (Lipinski definition) is 6. The Morgan fingerprint density at radius 2 is 1.67 bits per heavy atom. The second kappa shape index (κ2) is 7.13. The van der Waals surface area contributed by atoms with E-state index < -0.39 is 37.0 Å². The zero-order chi connectivity index (χ0) is 15.4. The quantitative estimate of drug-likeness (QED) is 0.376. The van der Waals surface area contributed by atoms with Gasteiger partial charge in [-0.25, -0.2) is 0 Å². The lowest BCUT2D eigenvalue weighted by Crippen LogP contribution is -2.54. The van der Waals surface area contributed by atoms with E-state index in [1.807, 2.05) is 30.3 Å². The number of benzene rings is 1. The highest BCUT2D eigenvalue weighted by Gasteiger charge is 2.37. The molecule has 0 heterocycles. The standard InChI is InChI=1S/C15H21NO5/c17-7-10-6-11(14(20)15(21)13(10)19)16-12(8-18)9-4-2-1-3-5-9/h1-6,11-21H,7-8H2. The molecule has 0 aliphatic heterocycles. The first kappa shape index (κ1) is 16.1. The van der Waals surface area contributed by atoms with Crippen LogP contribution in [0.1, 0.15) is 11.6 Å². The Bertz CT molecular complexity index is 478. The summed E-state index contributed by atoms with van der Waals surface area (Å²) in [5, 5.41) is 51.3. The van der Waals surface area contributed by atoms with Crippen molar-refractivity contribution in [3.05, 3.63) is 47.5 Å². The minimum atomic E-state index is -1.38. The zero-order valence-corrected chi connectivity index (χ0v) is 11.5. The van der Waals surface area contributed by atoms with Gasteiger partial charge in [0.05, 0.1) is 25.3 Å². The first-order valence-electron chi connectivity index (χ1n) is 6.86. The second-order valence-corrected chi connectivity index (χ2v) is 5.16. The molecule has 0 amide bonds. The highest BCUT2D eigenvalue weighted by Crippen LogP contribution is 2.22. The third-order valence-corrected chi connectivity index (χ3v) is 3.78. The number of rotatable bonds is 5. The van der Waals surface area contributed by atoms with Gasteiger partial charge in [0.15, 0.2) is 0 Å². The van der Waals surface area contributed by atoms with Crippen LogP contribution >= 0.6 is 0 Å². The van der Waals surface area contributed by atoms with E-state index in [1.54, 1.807) is 0 Å². The summed E-state index contributed by atoms with van der Waals surface area (Å²) in [6.07, 6.45) is -2.40. The van der Waals surface area contributed by atoms with E-state index in [4.69, 9.17) is 0 Å². The molecule has 6 N–H and O–H groups in total. The van der Waals surface area contributed by atoms with Crippen LogP contribution in [0.4, 0.5) is 0 Å². The molecule has 0 fully saturated rings. The molecule has 1 aliphatic rings. The molecular formula is C15H21NO5. The van der Waals surface area contributed by atoms with Gasteiger partial charge in [-0.1, -0.05) is 36.4 Å². The fraction of sp³-hybridized carbons (Fsp3) is 0.467. The van der Waals surface area contributed by atoms with E-state index in [2.05, 4.69) is 5.32 Å². The molecule has 5 unspecified atom stereocenters. The van der Waals surface area contributed by atoms with E-state index in [9.17, 15) is 25.5 Å². The molecule has 0 spiro atoms. The average Bonchev–Trinajstić information content (AvgIpc) is 2.53. The maximum absolute atomic E-state index is 10.0. The molecule has 2 rings (SSSR count). The third-order valence-electron chi connectivity index (χ3n) is 3.78. The predicted molar refractivity (Wildman–Crippen MR) is 76.4 cm³/mol. The van der Waals surface area contributed by atoms with Crippen LogP contribution in [0.3, 0.4) is 0 Å². The highest BCUT2D eigenvalue weighted by atomic mass is 16.4. The van der Waals surface area contributed by atoms with Crippen molar-refractivity contribution < 1.29 is 25.5 Å². The van der Waals surface area contributed by atoms with Crippen molar-refractivity contribution in [2.75, 3.05) is 13.2 Å². The van der Waals surface area contributed by atoms with Gasteiger partial charge in [0.1, 0.15) is 18.3 Å². The predicted octanol–water partition coefficient (Wildman–Crippen LogP) is -1.31. The Hall–Kier alpha value is -1.28. The summed E-state index contributed by atoms with van der Waals surface area (Å²) >= 11 is 0. The van der Waals surface area contributed by atoms with Gasteiger partial charge in [-0.2, -0.15) is 0 Å². The summed E-state index contributed by atoms with van der Waals surface area (Å²) in [6, 6.07) is 8.11. The summed E-state index contributed by atoms with van der Waals surface area (Å²) in [7, 11) is 0. The Labute approximate surface area is 123 Å². The van der Waals surface area contributed by atoms with Crippen molar-refractivity contribution in [3.8, 4) is 0 Å². The Morgan fingerprint density at radius 3 is 2.24 bits per heavy atom. The Morgan fingerprint density at radius 1 is 1.00 bits per heavy atom. The second-order valence-electron chi connectivity index (χ2n) is 5.16. The summed E-state index contributed by atoms with van der Waals surface area (Å²) < 4.78 is 0. The van der Waals surface area contributed by atoms with Gasteiger partial charge in [-0.3, -0.25) is 5.32 Å².